The average molecular weight is 515 g/mol. The third-order valence-corrected chi connectivity index (χ3v) is 8.40. The normalized spacial score (nSPS) is 13.3. The van der Waals surface area contributed by atoms with Crippen LogP contribution >= 0.6 is 0 Å². The number of nitrogens with zero attached hydrogens (tertiary/aromatic N) is 1. The molecule has 0 saturated carbocycles. The largest absolute Gasteiger partial charge is 0.427 e. The van der Waals surface area contributed by atoms with Crippen LogP contribution in [0.25, 0.3) is 49.4 Å². The molecule has 0 fully saturated rings. The zero-order valence-electron chi connectivity index (χ0n) is 21.0. The summed E-state index contributed by atoms with van der Waals surface area (Å²) in [6.45, 7) is -0.156. The van der Waals surface area contributed by atoms with Crippen molar-refractivity contribution < 1.29 is 18.3 Å². The lowest BCUT2D eigenvalue weighted by molar-refractivity contribution is 0.350. The fourth-order valence-corrected chi connectivity index (χ4v) is 6.79. The van der Waals surface area contributed by atoms with Crippen molar-refractivity contribution in [2.24, 2.45) is 0 Å². The fourth-order valence-electron chi connectivity index (χ4n) is 6.79. The number of aromatic nitrogens is 1. The minimum atomic E-state index is -0.156. The van der Waals surface area contributed by atoms with E-state index in [1.807, 2.05) is 36.4 Å². The van der Waals surface area contributed by atoms with Crippen LogP contribution in [0.15, 0.2) is 118 Å². The van der Waals surface area contributed by atoms with Crippen LogP contribution in [0.2, 0.25) is 0 Å². The second-order valence-corrected chi connectivity index (χ2v) is 10.5. The molecular weight excluding hydrogens is 497 g/mol. The molecule has 10 rings (SSSR count). The molecule has 186 valence electrons. The van der Waals surface area contributed by atoms with Gasteiger partial charge < -0.3 is 22.9 Å². The molecule has 0 spiro atoms. The first kappa shape index (κ1) is 20.6. The third kappa shape index (κ3) is 2.49. The predicted octanol–water partition coefficient (Wildman–Crippen LogP) is 7.00. The Labute approximate surface area is 227 Å². The van der Waals surface area contributed by atoms with Crippen LogP contribution in [0.5, 0.6) is 23.4 Å². The van der Waals surface area contributed by atoms with Gasteiger partial charge in [0.25, 0.3) is 18.6 Å². The molecule has 0 N–H and O–H groups in total. The molecule has 0 radical (unpaired) electrons. The lowest BCUT2D eigenvalue weighted by Gasteiger charge is -2.29. The molecule has 0 aliphatic carbocycles. The summed E-state index contributed by atoms with van der Waals surface area (Å²) in [7, 11) is 0. The van der Waals surface area contributed by atoms with Crippen molar-refractivity contribution in [2.45, 2.75) is 0 Å². The molecular formula is C34H18BNO4. The highest BCUT2D eigenvalue weighted by molar-refractivity contribution is 7.00. The van der Waals surface area contributed by atoms with Crippen LogP contribution in [0, 0.1) is 0 Å². The number of hydrogen-bond donors (Lipinski definition) is 0. The summed E-state index contributed by atoms with van der Waals surface area (Å²) >= 11 is 0. The lowest BCUT2D eigenvalue weighted by Crippen LogP contribution is -2.56. The summed E-state index contributed by atoms with van der Waals surface area (Å²) in [4.78, 5) is 0. The van der Waals surface area contributed by atoms with Crippen molar-refractivity contribution in [3.63, 3.8) is 0 Å². The van der Waals surface area contributed by atoms with Crippen molar-refractivity contribution in [3.8, 4) is 29.1 Å². The molecule has 0 unspecified atom stereocenters. The van der Waals surface area contributed by atoms with E-state index < -0.39 is 0 Å². The van der Waals surface area contributed by atoms with E-state index >= 15 is 0 Å². The van der Waals surface area contributed by atoms with Gasteiger partial charge >= 0.3 is 0 Å². The second kappa shape index (κ2) is 7.18. The maximum Gasteiger partial charge on any atom is 0.285 e. The van der Waals surface area contributed by atoms with Gasteiger partial charge in [0.15, 0.2) is 0 Å². The standard InChI is InChI=1S/C34H18BNO4/c1-5-13-24-20(9-1)21-10-2-6-14-25(21)36(24)19-17-28-32-29(18-19)40-34-31(23-12-4-8-16-27(23)38-34)35(32)30-22-11-3-7-15-26(22)37-33(30)39-28/h1-18H. The maximum atomic E-state index is 6.59. The zero-order chi connectivity index (χ0) is 25.9. The molecule has 5 nitrogen and oxygen atoms in total. The molecule has 0 amide bonds. The molecule has 0 atom stereocenters. The van der Waals surface area contributed by atoms with Crippen LogP contribution in [-0.2, 0) is 0 Å². The molecule has 0 saturated heterocycles. The first-order valence-corrected chi connectivity index (χ1v) is 13.4. The van der Waals surface area contributed by atoms with E-state index in [0.717, 1.165) is 66.5 Å². The summed E-state index contributed by atoms with van der Waals surface area (Å²) < 4.78 is 28.1. The SMILES string of the molecule is c1ccc2c3c(oc2c1)Oc1cc(-n2c4ccccc4c4ccccc42)cc2c1B3c1c(oc3ccccc13)O2. The van der Waals surface area contributed by atoms with Crippen molar-refractivity contribution in [2.75, 3.05) is 0 Å². The second-order valence-electron chi connectivity index (χ2n) is 10.5. The Bertz CT molecular complexity index is 2200. The van der Waals surface area contributed by atoms with Crippen molar-refractivity contribution in [1.82, 2.24) is 4.57 Å². The van der Waals surface area contributed by atoms with Crippen LogP contribution in [0.4, 0.5) is 0 Å². The van der Waals surface area contributed by atoms with Gasteiger partial charge in [-0.15, -0.1) is 0 Å². The molecule has 2 aliphatic heterocycles. The maximum absolute atomic E-state index is 6.59. The lowest BCUT2D eigenvalue weighted by atomic mass is 9.35. The van der Waals surface area contributed by atoms with Crippen LogP contribution in [0.1, 0.15) is 0 Å². The van der Waals surface area contributed by atoms with E-state index in [-0.39, 0.29) is 6.71 Å². The highest BCUT2D eigenvalue weighted by Crippen LogP contribution is 2.42. The Hall–Kier alpha value is -5.36. The highest BCUT2D eigenvalue weighted by atomic mass is 16.6. The van der Waals surface area contributed by atoms with Crippen LogP contribution < -0.4 is 25.9 Å². The molecule has 3 aromatic heterocycles. The topological polar surface area (TPSA) is 49.7 Å². The Kier molecular flexibility index (Phi) is 3.70. The number of ether oxygens (including phenoxy) is 2. The minimum absolute atomic E-state index is 0.156. The van der Waals surface area contributed by atoms with E-state index in [1.165, 1.54) is 10.8 Å². The quantitative estimate of drug-likeness (QED) is 0.221. The van der Waals surface area contributed by atoms with Gasteiger partial charge in [-0.3, -0.25) is 0 Å². The van der Waals surface area contributed by atoms with E-state index in [0.29, 0.717) is 11.9 Å². The number of benzene rings is 5. The average Bonchev–Trinajstić information content (AvgIpc) is 3.66. The van der Waals surface area contributed by atoms with Gasteiger partial charge in [-0.2, -0.15) is 0 Å². The van der Waals surface area contributed by atoms with Gasteiger partial charge in [-0.25, -0.2) is 0 Å². The Morgan fingerprint density at radius 1 is 0.475 bits per heavy atom. The van der Waals surface area contributed by atoms with Gasteiger partial charge in [0.05, 0.1) is 16.7 Å². The van der Waals surface area contributed by atoms with Gasteiger partial charge in [0, 0.05) is 50.1 Å². The zero-order valence-corrected chi connectivity index (χ0v) is 21.0. The molecule has 5 aromatic carbocycles. The van der Waals surface area contributed by atoms with Crippen LogP contribution in [-0.4, -0.2) is 11.3 Å². The molecule has 40 heavy (non-hydrogen) atoms. The first-order chi connectivity index (χ1) is 19.8. The summed E-state index contributed by atoms with van der Waals surface area (Å²) in [5.41, 5.74) is 7.78. The minimum Gasteiger partial charge on any atom is -0.427 e. The van der Waals surface area contributed by atoms with Gasteiger partial charge in [0.2, 0.25) is 0 Å². The van der Waals surface area contributed by atoms with Crippen molar-refractivity contribution in [3.05, 3.63) is 109 Å². The van der Waals surface area contributed by atoms with Crippen molar-refractivity contribution in [1.29, 1.82) is 0 Å². The Morgan fingerprint density at radius 3 is 1.45 bits per heavy atom. The van der Waals surface area contributed by atoms with E-state index in [2.05, 4.69) is 77.4 Å². The number of hydrogen-bond acceptors (Lipinski definition) is 4. The number of fused-ring (bicyclic) bond motifs is 11. The Balaban J connectivity index is 1.31. The number of rotatable bonds is 1. The number of para-hydroxylation sites is 4. The first-order valence-electron chi connectivity index (χ1n) is 13.4. The Morgan fingerprint density at radius 2 is 0.925 bits per heavy atom. The third-order valence-electron chi connectivity index (χ3n) is 8.40. The summed E-state index contributed by atoms with van der Waals surface area (Å²) in [5, 5.41) is 4.46. The molecule has 8 aromatic rings. The van der Waals surface area contributed by atoms with Crippen molar-refractivity contribution >= 4 is 66.8 Å². The van der Waals surface area contributed by atoms with E-state index in [9.17, 15) is 0 Å². The monoisotopic (exact) mass is 515 g/mol. The number of furan rings is 2. The predicted molar refractivity (Wildman–Crippen MR) is 158 cm³/mol. The molecule has 2 aliphatic rings. The molecule has 6 heteroatoms. The molecule has 5 heterocycles. The van der Waals surface area contributed by atoms with Gasteiger partial charge in [-0.05, 0) is 24.3 Å². The van der Waals surface area contributed by atoms with E-state index in [4.69, 9.17) is 18.3 Å². The fraction of sp³-hybridized carbons (Fsp3) is 0. The smallest absolute Gasteiger partial charge is 0.285 e. The summed E-state index contributed by atoms with van der Waals surface area (Å²) in [6, 6.07) is 37.4. The molecule has 0 bridgehead atoms. The van der Waals surface area contributed by atoms with Crippen LogP contribution in [0.3, 0.4) is 0 Å². The van der Waals surface area contributed by atoms with Gasteiger partial charge in [-0.1, -0.05) is 72.8 Å². The summed E-state index contributed by atoms with van der Waals surface area (Å²) in [5.74, 6) is 2.48. The van der Waals surface area contributed by atoms with Gasteiger partial charge in [0.1, 0.15) is 22.7 Å². The van der Waals surface area contributed by atoms with E-state index in [1.54, 1.807) is 0 Å². The summed E-state index contributed by atoms with van der Waals surface area (Å²) in [6.07, 6.45) is 0. The highest BCUT2D eigenvalue weighted by Gasteiger charge is 2.46.